The van der Waals surface area contributed by atoms with Crippen LogP contribution in [-0.4, -0.2) is 29.8 Å². The Hall–Kier alpha value is -1.97. The van der Waals surface area contributed by atoms with Gasteiger partial charge in [0.25, 0.3) is 0 Å². The summed E-state index contributed by atoms with van der Waals surface area (Å²) in [5.41, 5.74) is 1.95. The minimum Gasteiger partial charge on any atom is -0.358 e. The average Bonchev–Trinajstić information content (AvgIpc) is 2.36. The molecule has 0 fully saturated rings. The Balaban J connectivity index is 2.67. The molecule has 0 saturated heterocycles. The fourth-order valence-electron chi connectivity index (χ4n) is 1.51. The number of aldehydes is 1. The summed E-state index contributed by atoms with van der Waals surface area (Å²) >= 11 is 0. The summed E-state index contributed by atoms with van der Waals surface area (Å²) in [5.74, 6) is 0.635. The van der Waals surface area contributed by atoms with E-state index in [9.17, 15) is 4.79 Å². The van der Waals surface area contributed by atoms with Crippen molar-refractivity contribution in [1.29, 1.82) is 0 Å². The van der Waals surface area contributed by atoms with Gasteiger partial charge in [0, 0.05) is 13.6 Å². The second kappa shape index (κ2) is 4.26. The second-order valence-electron chi connectivity index (χ2n) is 3.55. The maximum Gasteiger partial charge on any atom is 0.172 e. The van der Waals surface area contributed by atoms with Gasteiger partial charge in [-0.2, -0.15) is 0 Å². The third-order valence-corrected chi connectivity index (χ3v) is 2.53. The lowest BCUT2D eigenvalue weighted by molar-refractivity contribution is 0.111. The summed E-state index contributed by atoms with van der Waals surface area (Å²) < 4.78 is 0. The molecular weight excluding hydrogens is 202 g/mol. The van der Waals surface area contributed by atoms with Gasteiger partial charge in [0.1, 0.15) is 5.69 Å². The van der Waals surface area contributed by atoms with Crippen molar-refractivity contribution in [1.82, 2.24) is 9.97 Å². The van der Waals surface area contributed by atoms with E-state index in [1.807, 2.05) is 43.1 Å². The Kier molecular flexibility index (Phi) is 2.81. The van der Waals surface area contributed by atoms with E-state index in [2.05, 4.69) is 9.97 Å². The molecule has 82 valence electrons. The van der Waals surface area contributed by atoms with E-state index in [0.717, 1.165) is 23.9 Å². The van der Waals surface area contributed by atoms with E-state index in [4.69, 9.17) is 0 Å². The molecule has 1 aromatic carbocycles. The predicted molar refractivity (Wildman–Crippen MR) is 63.9 cm³/mol. The zero-order valence-corrected chi connectivity index (χ0v) is 9.34. The lowest BCUT2D eigenvalue weighted by Gasteiger charge is -2.17. The summed E-state index contributed by atoms with van der Waals surface area (Å²) in [6.07, 6.45) is 0.751. The van der Waals surface area contributed by atoms with Gasteiger partial charge in [0.15, 0.2) is 12.1 Å². The zero-order chi connectivity index (χ0) is 11.5. The molecule has 2 aromatic rings. The molecule has 0 aliphatic heterocycles. The van der Waals surface area contributed by atoms with Crippen molar-refractivity contribution in [3.05, 3.63) is 30.0 Å². The molecule has 4 nitrogen and oxygen atoms in total. The number of benzene rings is 1. The molecule has 0 bridgehead atoms. The van der Waals surface area contributed by atoms with Crippen LogP contribution in [-0.2, 0) is 0 Å². The van der Waals surface area contributed by atoms with Gasteiger partial charge in [-0.15, -0.1) is 0 Å². The van der Waals surface area contributed by atoms with E-state index in [1.165, 1.54) is 0 Å². The molecule has 0 saturated carbocycles. The van der Waals surface area contributed by atoms with Gasteiger partial charge in [-0.3, -0.25) is 4.79 Å². The molecule has 0 amide bonds. The number of aromatic nitrogens is 2. The van der Waals surface area contributed by atoms with Gasteiger partial charge >= 0.3 is 0 Å². The van der Waals surface area contributed by atoms with Crippen LogP contribution in [0.2, 0.25) is 0 Å². The van der Waals surface area contributed by atoms with Gasteiger partial charge in [0.05, 0.1) is 11.0 Å². The summed E-state index contributed by atoms with van der Waals surface area (Å²) in [7, 11) is 1.89. The van der Waals surface area contributed by atoms with Crippen LogP contribution in [0.1, 0.15) is 17.4 Å². The first-order valence-corrected chi connectivity index (χ1v) is 5.19. The van der Waals surface area contributed by atoms with Crippen LogP contribution < -0.4 is 4.90 Å². The predicted octanol–water partition coefficient (Wildman–Crippen LogP) is 1.90. The average molecular weight is 215 g/mol. The minimum absolute atomic E-state index is 0.392. The number of nitrogens with zero attached hydrogens (tertiary/aromatic N) is 3. The molecule has 16 heavy (non-hydrogen) atoms. The van der Waals surface area contributed by atoms with Crippen molar-refractivity contribution in [2.75, 3.05) is 18.5 Å². The number of rotatable bonds is 3. The number of carbonyl (C=O) groups excluding carboxylic acids is 1. The number of para-hydroxylation sites is 2. The number of hydrogen-bond donors (Lipinski definition) is 0. The highest BCUT2D eigenvalue weighted by Gasteiger charge is 2.10. The van der Waals surface area contributed by atoms with Crippen molar-refractivity contribution >= 4 is 23.1 Å². The molecule has 1 heterocycles. The normalized spacial score (nSPS) is 10.4. The molecule has 0 unspecified atom stereocenters. The highest BCUT2D eigenvalue weighted by atomic mass is 16.1. The maximum absolute atomic E-state index is 11.0. The van der Waals surface area contributed by atoms with Crippen LogP contribution in [0.25, 0.3) is 11.0 Å². The number of hydrogen-bond acceptors (Lipinski definition) is 4. The molecule has 0 N–H and O–H groups in total. The molecule has 0 spiro atoms. The molecule has 0 aliphatic carbocycles. The van der Waals surface area contributed by atoms with E-state index in [0.29, 0.717) is 11.5 Å². The largest absolute Gasteiger partial charge is 0.358 e. The Morgan fingerprint density at radius 2 is 1.88 bits per heavy atom. The quantitative estimate of drug-likeness (QED) is 0.733. The summed E-state index contributed by atoms with van der Waals surface area (Å²) in [6, 6.07) is 7.54. The van der Waals surface area contributed by atoms with Crippen LogP contribution in [0.5, 0.6) is 0 Å². The topological polar surface area (TPSA) is 46.1 Å². The van der Waals surface area contributed by atoms with E-state index in [1.54, 1.807) is 0 Å². The molecule has 0 atom stereocenters. The van der Waals surface area contributed by atoms with Crippen LogP contribution in [0.15, 0.2) is 24.3 Å². The molecule has 2 rings (SSSR count). The van der Waals surface area contributed by atoms with Crippen molar-refractivity contribution in [3.63, 3.8) is 0 Å². The van der Waals surface area contributed by atoms with Crippen LogP contribution >= 0.6 is 0 Å². The lowest BCUT2D eigenvalue weighted by atomic mass is 10.3. The van der Waals surface area contributed by atoms with Gasteiger partial charge in [-0.05, 0) is 19.1 Å². The standard InChI is InChI=1S/C12H13N3O/c1-3-15(2)12-11(8-16)13-9-6-4-5-7-10(9)14-12/h4-8H,3H2,1-2H3. The zero-order valence-electron chi connectivity index (χ0n) is 9.34. The molecular formula is C12H13N3O. The first-order chi connectivity index (χ1) is 7.76. The molecule has 4 heteroatoms. The maximum atomic E-state index is 11.0. The first-order valence-electron chi connectivity index (χ1n) is 5.19. The first kappa shape index (κ1) is 10.5. The Bertz CT molecular complexity index is 525. The molecule has 1 aromatic heterocycles. The van der Waals surface area contributed by atoms with Crippen LogP contribution in [0, 0.1) is 0 Å². The third-order valence-electron chi connectivity index (χ3n) is 2.53. The van der Waals surface area contributed by atoms with E-state index in [-0.39, 0.29) is 0 Å². The van der Waals surface area contributed by atoms with Gasteiger partial charge in [-0.1, -0.05) is 12.1 Å². The van der Waals surface area contributed by atoms with E-state index >= 15 is 0 Å². The monoisotopic (exact) mass is 215 g/mol. The summed E-state index contributed by atoms with van der Waals surface area (Å²) in [6.45, 7) is 2.79. The van der Waals surface area contributed by atoms with Crippen molar-refractivity contribution in [2.24, 2.45) is 0 Å². The molecule has 0 aliphatic rings. The van der Waals surface area contributed by atoms with Crippen molar-refractivity contribution < 1.29 is 4.79 Å². The van der Waals surface area contributed by atoms with Crippen LogP contribution in [0.3, 0.4) is 0 Å². The third kappa shape index (κ3) is 1.74. The number of carbonyl (C=O) groups is 1. The smallest absolute Gasteiger partial charge is 0.172 e. The van der Waals surface area contributed by atoms with Crippen LogP contribution in [0.4, 0.5) is 5.82 Å². The van der Waals surface area contributed by atoms with Gasteiger partial charge < -0.3 is 4.90 Å². The SMILES string of the molecule is CCN(C)c1nc2ccccc2nc1C=O. The lowest BCUT2D eigenvalue weighted by Crippen LogP contribution is -2.19. The Morgan fingerprint density at radius 1 is 1.25 bits per heavy atom. The summed E-state index contributed by atoms with van der Waals surface area (Å²) in [5, 5.41) is 0. The fraction of sp³-hybridized carbons (Fsp3) is 0.250. The highest BCUT2D eigenvalue weighted by molar-refractivity contribution is 5.86. The van der Waals surface area contributed by atoms with Crippen molar-refractivity contribution in [3.8, 4) is 0 Å². The number of anilines is 1. The van der Waals surface area contributed by atoms with Crippen molar-refractivity contribution in [2.45, 2.75) is 6.92 Å². The Morgan fingerprint density at radius 3 is 2.44 bits per heavy atom. The van der Waals surface area contributed by atoms with Gasteiger partial charge in [-0.25, -0.2) is 9.97 Å². The van der Waals surface area contributed by atoms with E-state index < -0.39 is 0 Å². The number of fused-ring (bicyclic) bond motifs is 1. The summed E-state index contributed by atoms with van der Waals surface area (Å²) in [4.78, 5) is 21.6. The fourth-order valence-corrected chi connectivity index (χ4v) is 1.51. The highest BCUT2D eigenvalue weighted by Crippen LogP contribution is 2.17. The molecule has 0 radical (unpaired) electrons. The minimum atomic E-state index is 0.392. The van der Waals surface area contributed by atoms with Gasteiger partial charge in [0.2, 0.25) is 0 Å². The second-order valence-corrected chi connectivity index (χ2v) is 3.55. The Labute approximate surface area is 93.9 Å².